The lowest BCUT2D eigenvalue weighted by molar-refractivity contribution is -0.132. The van der Waals surface area contributed by atoms with Gasteiger partial charge in [-0.3, -0.25) is 23.5 Å². The molecule has 6 N–H and O–H groups in total. The number of carbonyl (C=O) groups is 4. The minimum Gasteiger partial charge on any atom is -0.378 e. The number of morpholine rings is 2. The zero-order valence-corrected chi connectivity index (χ0v) is 60.7. The molecule has 4 aliphatic heterocycles. The molecular weight excluding hydrogens is 1410 g/mol. The number of rotatable bonds is 25. The van der Waals surface area contributed by atoms with Crippen molar-refractivity contribution in [3.8, 4) is 0 Å². The van der Waals surface area contributed by atoms with Crippen molar-refractivity contribution in [2.45, 2.75) is 69.9 Å². The molecule has 28 nitrogen and oxygen atoms in total. The van der Waals surface area contributed by atoms with Crippen LogP contribution in [0.25, 0.3) is 12.2 Å². The Morgan fingerprint density at radius 3 is 1.84 bits per heavy atom. The average Bonchev–Trinajstić information content (AvgIpc) is 1.45. The number of nitrogens with zero attached hydrogens (tertiary/aromatic N) is 12. The Labute approximate surface area is 602 Å². The highest BCUT2D eigenvalue weighted by Crippen LogP contribution is 2.45. The van der Waals surface area contributed by atoms with Crippen LogP contribution in [0.3, 0.4) is 0 Å². The van der Waals surface area contributed by atoms with Gasteiger partial charge in [0.15, 0.2) is 5.78 Å². The molecular formula is C69H75N16O12S5+. The third kappa shape index (κ3) is 17.5. The predicted molar refractivity (Wildman–Crippen MR) is 401 cm³/mol. The van der Waals surface area contributed by atoms with Crippen LogP contribution in [0.2, 0.25) is 0 Å². The molecule has 0 unspecified atom stereocenters. The molecule has 0 radical (unpaired) electrons. The van der Waals surface area contributed by atoms with Gasteiger partial charge in [-0.2, -0.15) is 31.8 Å². The molecule has 0 saturated carbocycles. The van der Waals surface area contributed by atoms with Crippen molar-refractivity contribution in [1.82, 2.24) is 14.5 Å². The molecule has 0 bridgehead atoms. The number of amides is 3. The third-order valence-corrected chi connectivity index (χ3v) is 21.5. The van der Waals surface area contributed by atoms with Crippen LogP contribution in [0.4, 0.5) is 67.4 Å². The van der Waals surface area contributed by atoms with E-state index in [0.29, 0.717) is 121 Å². The van der Waals surface area contributed by atoms with Crippen LogP contribution < -0.4 is 40.4 Å². The Bertz CT molecular complexity index is 4820. The first-order valence-electron chi connectivity index (χ1n) is 32.8. The number of allylic oxidation sites excluding steroid dienone is 1. The van der Waals surface area contributed by atoms with E-state index in [-0.39, 0.29) is 69.5 Å². The highest BCUT2D eigenvalue weighted by Gasteiger charge is 2.51. The SMILES string of the molecule is CCC1=C(Nc2cc(N(CC)CC)ccc2N=Nc2nc3c(s2)C=C(C(=O)Nc2cccc(S(=O)(=O)O)c2)C(=O)[N+]32CCOCC2)N=C(Nc2cc(N(CC)CC)ccc2N=Nc2nc(N3CCOCC3)c(C=C(C(C)=O)C(=O)Nc3cccc(S(=O)(=O)O)c3)s2)N=C(SCc2ccccc2)C1. The number of thioether (sulfide) groups is 1. The number of hydrogen-bond acceptors (Lipinski definition) is 26. The molecule has 6 heterocycles. The Morgan fingerprint density at radius 1 is 0.686 bits per heavy atom. The predicted octanol–water partition coefficient (Wildman–Crippen LogP) is 13.2. The number of hydrogen-bond donors (Lipinski definition) is 6. The van der Waals surface area contributed by atoms with Gasteiger partial charge in [-0.1, -0.05) is 72.1 Å². The van der Waals surface area contributed by atoms with Crippen molar-refractivity contribution in [2.75, 3.05) is 115 Å². The van der Waals surface area contributed by atoms with Gasteiger partial charge >= 0.3 is 5.91 Å². The van der Waals surface area contributed by atoms with Crippen molar-refractivity contribution in [3.05, 3.63) is 153 Å². The summed E-state index contributed by atoms with van der Waals surface area (Å²) in [4.78, 5) is 82.6. The smallest absolute Gasteiger partial charge is 0.358 e. The van der Waals surface area contributed by atoms with Crippen LogP contribution in [-0.4, -0.2) is 149 Å². The number of Topliss-reactive ketones (excluding diaryl/α,β-unsaturated/α-hetero) is 1. The number of anilines is 7. The first-order valence-corrected chi connectivity index (χ1v) is 38.3. The maximum atomic E-state index is 14.6. The Hall–Kier alpha value is -9.55. The average molecular weight is 1480 g/mol. The normalized spacial score (nSPS) is 15.8. The lowest BCUT2D eigenvalue weighted by Gasteiger charge is -2.38. The van der Waals surface area contributed by atoms with Crippen LogP contribution in [0.5, 0.6) is 0 Å². The summed E-state index contributed by atoms with van der Waals surface area (Å²) in [5, 5.41) is 32.7. The second-order valence-corrected chi connectivity index (χ2v) is 29.4. The second kappa shape index (κ2) is 32.6. The van der Waals surface area contributed by atoms with E-state index in [1.807, 2.05) is 59.5 Å². The van der Waals surface area contributed by atoms with Crippen molar-refractivity contribution in [1.29, 1.82) is 0 Å². The maximum Gasteiger partial charge on any atom is 0.358 e. The van der Waals surface area contributed by atoms with E-state index in [0.717, 1.165) is 62.4 Å². The molecule has 11 rings (SSSR count). The van der Waals surface area contributed by atoms with Gasteiger partial charge in [0.1, 0.15) is 46.6 Å². The van der Waals surface area contributed by atoms with E-state index in [2.05, 4.69) is 77.8 Å². The fourth-order valence-corrected chi connectivity index (χ4v) is 15.4. The van der Waals surface area contributed by atoms with Crippen molar-refractivity contribution >= 4 is 169 Å². The van der Waals surface area contributed by atoms with Crippen LogP contribution in [0.15, 0.2) is 178 Å². The zero-order chi connectivity index (χ0) is 72.3. The van der Waals surface area contributed by atoms with Gasteiger partial charge in [0.25, 0.3) is 37.9 Å². The number of azo groups is 2. The van der Waals surface area contributed by atoms with Crippen molar-refractivity contribution in [3.63, 3.8) is 0 Å². The minimum atomic E-state index is -4.60. The quantitative estimate of drug-likeness (QED) is 0.00773. The van der Waals surface area contributed by atoms with Gasteiger partial charge in [-0.25, -0.2) is 14.3 Å². The van der Waals surface area contributed by atoms with E-state index in [1.54, 1.807) is 11.8 Å². The van der Waals surface area contributed by atoms with Gasteiger partial charge in [0.05, 0.1) is 63.1 Å². The number of aromatic nitrogens is 2. The lowest BCUT2D eigenvalue weighted by Crippen LogP contribution is -2.62. The Morgan fingerprint density at radius 2 is 1.26 bits per heavy atom. The van der Waals surface area contributed by atoms with Gasteiger partial charge in [-0.05, 0) is 137 Å². The zero-order valence-electron chi connectivity index (χ0n) is 56.6. The van der Waals surface area contributed by atoms with Gasteiger partial charge in [-0.15, -0.1) is 32.2 Å². The summed E-state index contributed by atoms with van der Waals surface area (Å²) in [6.07, 6.45) is 3.86. The van der Waals surface area contributed by atoms with E-state index in [1.165, 1.54) is 55.5 Å². The fraction of sp³-hybridized carbons (Fsp3) is 0.304. The Balaban J connectivity index is 0.959. The largest absolute Gasteiger partial charge is 0.378 e. The number of ketones is 1. The summed E-state index contributed by atoms with van der Waals surface area (Å²) in [5.74, 6) is -0.566. The van der Waals surface area contributed by atoms with E-state index in [9.17, 15) is 45.1 Å². The Kier molecular flexibility index (Phi) is 23.6. The summed E-state index contributed by atoms with van der Waals surface area (Å²) < 4.78 is 78.3. The number of benzene rings is 5. The number of quaternary nitrogens is 1. The summed E-state index contributed by atoms with van der Waals surface area (Å²) >= 11 is 3.83. The fourth-order valence-electron chi connectivity index (χ4n) is 11.6. The number of fused-ring (bicyclic) bond motifs is 2. The third-order valence-electron chi connectivity index (χ3n) is 17.0. The standard InChI is InChI=1S/C69H74N16O12S5/c1-7-45-35-60(98-42-44-17-13-12-14-18-44)74-67(73-57-39-49(83(10-4)11-5)24-26-55(57)79-80-68-76-62(84-27-31-96-32-28-84)58(99-68)40-52(43(6)86)64(87)70-46-19-15-21-50(36-46)101(90,91)92)75-61(45)72-56-38-48(82(8-2)9-3)23-25-54(56)78-81-69-77-63-59(100-69)41-53(66(89)85(63)29-33-97-34-30-85)65(88)71-47-20-16-22-51(37-47)102(93,94)95/h12-26,36-41H,7-11,27-35,42H2,1-6H3,(H5-,70,71,72,73,75,76,77,80,81,86,87,88,89,90,91,92,93,94,95)/p+1. The second-order valence-electron chi connectivity index (χ2n) is 23.5. The van der Waals surface area contributed by atoms with E-state index >= 15 is 0 Å². The molecule has 1 spiro atoms. The molecule has 4 aliphatic rings. The first-order chi connectivity index (χ1) is 49.1. The number of aliphatic imine (C=N–C) groups is 2. The lowest BCUT2D eigenvalue weighted by atomic mass is 10.1. The van der Waals surface area contributed by atoms with E-state index in [4.69, 9.17) is 49.9 Å². The molecule has 3 amide bonds. The number of carbonyl (C=O) groups excluding carboxylic acids is 4. The number of guanidine groups is 1. The van der Waals surface area contributed by atoms with Crippen LogP contribution in [-0.2, 0) is 54.6 Å². The summed E-state index contributed by atoms with van der Waals surface area (Å²) in [6, 6.07) is 31.7. The molecule has 2 fully saturated rings. The van der Waals surface area contributed by atoms with Crippen LogP contribution in [0, 0.1) is 0 Å². The van der Waals surface area contributed by atoms with Gasteiger partial charge in [0, 0.05) is 74.2 Å². The molecule has 0 atom stereocenters. The van der Waals surface area contributed by atoms with E-state index < -0.39 is 53.5 Å². The molecule has 0 aliphatic carbocycles. The monoisotopic (exact) mass is 1480 g/mol. The van der Waals surface area contributed by atoms with Crippen LogP contribution >= 0.6 is 34.4 Å². The molecule has 2 saturated heterocycles. The molecule has 532 valence electrons. The highest BCUT2D eigenvalue weighted by atomic mass is 32.2. The topological polar surface area (TPSA) is 353 Å². The number of thiazole rings is 2. The van der Waals surface area contributed by atoms with Crippen molar-refractivity contribution < 1.29 is 54.6 Å². The van der Waals surface area contributed by atoms with Gasteiger partial charge < -0.3 is 45.4 Å². The molecule has 2 aromatic heterocycles. The highest BCUT2D eigenvalue weighted by molar-refractivity contribution is 8.13. The first kappa shape index (κ1) is 73.7. The summed E-state index contributed by atoms with van der Waals surface area (Å²) in [6.45, 7) is 16.8. The minimum absolute atomic E-state index is 0.0332. The number of nitrogens with one attached hydrogen (secondary N) is 4. The van der Waals surface area contributed by atoms with Gasteiger partial charge in [0.2, 0.25) is 16.2 Å². The maximum absolute atomic E-state index is 14.6. The number of ether oxygens (including phenoxy) is 2. The molecule has 5 aromatic carbocycles. The van der Waals surface area contributed by atoms with Crippen molar-refractivity contribution in [2.24, 2.45) is 30.4 Å². The molecule has 7 aromatic rings. The summed E-state index contributed by atoms with van der Waals surface area (Å²) in [7, 11) is -9.19. The molecule has 33 heteroatoms. The summed E-state index contributed by atoms with van der Waals surface area (Å²) in [5.41, 5.74) is 5.28. The van der Waals surface area contributed by atoms with Crippen LogP contribution in [0.1, 0.15) is 69.7 Å². The molecule has 102 heavy (non-hydrogen) atoms.